The Balaban J connectivity index is 1.74. The van der Waals surface area contributed by atoms with Crippen molar-refractivity contribution in [1.29, 1.82) is 0 Å². The summed E-state index contributed by atoms with van der Waals surface area (Å²) in [5.74, 6) is 1.14. The first-order valence-electron chi connectivity index (χ1n) is 8.23. The van der Waals surface area contributed by atoms with Crippen molar-refractivity contribution in [2.75, 3.05) is 50.6 Å². The molecule has 1 unspecified atom stereocenters. The minimum atomic E-state index is -0.892. The third-order valence-electron chi connectivity index (χ3n) is 4.62. The van der Waals surface area contributed by atoms with Gasteiger partial charge in [0, 0.05) is 45.7 Å². The van der Waals surface area contributed by atoms with Gasteiger partial charge in [-0.3, -0.25) is 9.69 Å². The Labute approximate surface area is 141 Å². The minimum Gasteiger partial charge on any atom is -0.464 e. The van der Waals surface area contributed by atoms with Gasteiger partial charge in [0.2, 0.25) is 5.95 Å². The van der Waals surface area contributed by atoms with Gasteiger partial charge in [-0.05, 0) is 13.1 Å². The molecule has 0 bridgehead atoms. The summed E-state index contributed by atoms with van der Waals surface area (Å²) in [6.45, 7) is 1.38. The molecule has 132 valence electrons. The number of anilines is 2. The topological polar surface area (TPSA) is 61.8 Å². The maximum Gasteiger partial charge on any atom is 0.323 e. The fraction of sp³-hybridized carbons (Fsp3) is 0.688. The zero-order valence-corrected chi connectivity index (χ0v) is 14.4. The van der Waals surface area contributed by atoms with Gasteiger partial charge < -0.3 is 14.5 Å². The fourth-order valence-electron chi connectivity index (χ4n) is 3.37. The maximum absolute atomic E-state index is 14.1. The van der Waals surface area contributed by atoms with Crippen LogP contribution in [-0.4, -0.2) is 79.9 Å². The lowest BCUT2D eigenvalue weighted by atomic mass is 10.1. The molecule has 0 aliphatic carbocycles. The molecule has 0 spiro atoms. The molecule has 2 aliphatic heterocycles. The molecule has 2 aliphatic rings. The van der Waals surface area contributed by atoms with Crippen LogP contribution >= 0.6 is 0 Å². The summed E-state index contributed by atoms with van der Waals surface area (Å²) in [6, 6.07) is 1.55. The molecular formula is C16H24FN5O2. The molecule has 2 saturated heterocycles. The van der Waals surface area contributed by atoms with Crippen LogP contribution in [-0.2, 0) is 9.53 Å². The largest absolute Gasteiger partial charge is 0.464 e. The van der Waals surface area contributed by atoms with E-state index in [2.05, 4.69) is 9.97 Å². The van der Waals surface area contributed by atoms with Crippen LogP contribution in [0.1, 0.15) is 12.8 Å². The quantitative estimate of drug-likeness (QED) is 0.733. The normalized spacial score (nSPS) is 27.0. The highest BCUT2D eigenvalue weighted by atomic mass is 19.1. The molecule has 3 atom stereocenters. The fourth-order valence-corrected chi connectivity index (χ4v) is 3.37. The van der Waals surface area contributed by atoms with Crippen molar-refractivity contribution >= 4 is 17.7 Å². The summed E-state index contributed by atoms with van der Waals surface area (Å²) >= 11 is 0. The van der Waals surface area contributed by atoms with E-state index in [4.69, 9.17) is 4.74 Å². The average Bonchev–Trinajstić information content (AvgIpc) is 3.13. The minimum absolute atomic E-state index is 0.0247. The number of carbonyl (C=O) groups is 1. The Morgan fingerprint density at radius 2 is 2.21 bits per heavy atom. The number of likely N-dealkylation sites (N-methyl/N-ethyl adjacent to an activating group) is 1. The second kappa shape index (κ2) is 6.88. The van der Waals surface area contributed by atoms with Crippen LogP contribution in [0.15, 0.2) is 12.3 Å². The summed E-state index contributed by atoms with van der Waals surface area (Å²) in [5, 5.41) is 0. The molecule has 0 N–H and O–H groups in total. The Morgan fingerprint density at radius 3 is 2.88 bits per heavy atom. The average molecular weight is 337 g/mol. The van der Waals surface area contributed by atoms with Gasteiger partial charge in [0.25, 0.3) is 0 Å². The highest BCUT2D eigenvalue weighted by Crippen LogP contribution is 2.28. The summed E-state index contributed by atoms with van der Waals surface area (Å²) in [4.78, 5) is 26.3. The second-order valence-corrected chi connectivity index (χ2v) is 6.66. The number of hydrogen-bond donors (Lipinski definition) is 0. The molecule has 8 heteroatoms. The number of cyclic esters (lactones) is 1. The van der Waals surface area contributed by atoms with E-state index in [0.29, 0.717) is 38.5 Å². The van der Waals surface area contributed by atoms with E-state index >= 15 is 0 Å². The number of rotatable bonds is 5. The molecule has 0 aromatic carbocycles. The van der Waals surface area contributed by atoms with E-state index < -0.39 is 6.17 Å². The Morgan fingerprint density at radius 1 is 1.42 bits per heavy atom. The number of nitrogens with zero attached hydrogens (tertiary/aromatic N) is 5. The molecule has 3 heterocycles. The van der Waals surface area contributed by atoms with Crippen LogP contribution in [0.25, 0.3) is 0 Å². The zero-order chi connectivity index (χ0) is 17.3. The Kier molecular flexibility index (Phi) is 4.84. The van der Waals surface area contributed by atoms with Crippen LogP contribution in [0, 0.1) is 0 Å². The van der Waals surface area contributed by atoms with Crippen LogP contribution in [0.3, 0.4) is 0 Å². The van der Waals surface area contributed by atoms with Crippen molar-refractivity contribution in [3.63, 3.8) is 0 Å². The van der Waals surface area contributed by atoms with Gasteiger partial charge in [0.05, 0.1) is 13.2 Å². The lowest BCUT2D eigenvalue weighted by Gasteiger charge is -2.31. The van der Waals surface area contributed by atoms with Gasteiger partial charge in [-0.1, -0.05) is 0 Å². The first-order chi connectivity index (χ1) is 11.5. The van der Waals surface area contributed by atoms with E-state index in [9.17, 15) is 9.18 Å². The van der Waals surface area contributed by atoms with Gasteiger partial charge in [-0.25, -0.2) is 9.37 Å². The molecule has 7 nitrogen and oxygen atoms in total. The molecule has 1 aromatic rings. The number of halogens is 1. The van der Waals surface area contributed by atoms with Gasteiger partial charge >= 0.3 is 5.97 Å². The van der Waals surface area contributed by atoms with Gasteiger partial charge in [-0.2, -0.15) is 4.98 Å². The van der Waals surface area contributed by atoms with Crippen LogP contribution < -0.4 is 9.80 Å². The third-order valence-corrected chi connectivity index (χ3v) is 4.62. The SMILES string of the molecule is CN(C)c1nccc(N2C[C@@H](F)C[C@H]2CN(C)C2CCOC2=O)n1. The first kappa shape index (κ1) is 16.9. The van der Waals surface area contributed by atoms with Crippen molar-refractivity contribution in [1.82, 2.24) is 14.9 Å². The molecule has 24 heavy (non-hydrogen) atoms. The van der Waals surface area contributed by atoms with Gasteiger partial charge in [0.1, 0.15) is 18.0 Å². The number of hydrogen-bond acceptors (Lipinski definition) is 7. The van der Waals surface area contributed by atoms with Gasteiger partial charge in [0.15, 0.2) is 0 Å². The third kappa shape index (κ3) is 3.43. The number of carbonyl (C=O) groups excluding carboxylic acids is 1. The number of aromatic nitrogens is 2. The monoisotopic (exact) mass is 337 g/mol. The van der Waals surface area contributed by atoms with Crippen molar-refractivity contribution in [2.45, 2.75) is 31.1 Å². The Bertz CT molecular complexity index is 600. The van der Waals surface area contributed by atoms with E-state index in [-0.39, 0.29) is 18.1 Å². The maximum atomic E-state index is 14.1. The van der Waals surface area contributed by atoms with Crippen molar-refractivity contribution in [3.8, 4) is 0 Å². The smallest absolute Gasteiger partial charge is 0.323 e. The molecule has 1 aromatic heterocycles. The molecule has 2 fully saturated rings. The number of esters is 1. The molecule has 3 rings (SSSR count). The van der Waals surface area contributed by atoms with E-state index in [1.54, 1.807) is 6.20 Å². The predicted octanol–water partition coefficient (Wildman–Crippen LogP) is 0.707. The lowest BCUT2D eigenvalue weighted by Crippen LogP contribution is -2.44. The second-order valence-electron chi connectivity index (χ2n) is 6.66. The summed E-state index contributed by atoms with van der Waals surface area (Å²) in [6.07, 6.45) is 1.93. The summed E-state index contributed by atoms with van der Waals surface area (Å²) < 4.78 is 19.1. The number of ether oxygens (including phenoxy) is 1. The molecule has 0 amide bonds. The molecule has 0 radical (unpaired) electrons. The highest BCUT2D eigenvalue weighted by Gasteiger charge is 2.37. The lowest BCUT2D eigenvalue weighted by molar-refractivity contribution is -0.142. The van der Waals surface area contributed by atoms with Crippen molar-refractivity contribution in [2.24, 2.45) is 0 Å². The summed E-state index contributed by atoms with van der Waals surface area (Å²) in [7, 11) is 5.64. The summed E-state index contributed by atoms with van der Waals surface area (Å²) in [5.41, 5.74) is 0. The molecule has 0 saturated carbocycles. The molecular weight excluding hydrogens is 313 g/mol. The van der Waals surface area contributed by atoms with E-state index in [1.165, 1.54) is 0 Å². The van der Waals surface area contributed by atoms with Crippen LogP contribution in [0.5, 0.6) is 0 Å². The van der Waals surface area contributed by atoms with Crippen LogP contribution in [0.4, 0.5) is 16.2 Å². The standard InChI is InChI=1S/C16H24FN5O2/c1-20(2)16-18-6-4-14(19-16)22-9-11(17)8-12(22)10-21(3)13-5-7-24-15(13)23/h4,6,11-13H,5,7-10H2,1-3H3/t11-,12-,13?/m0/s1. The number of alkyl halides is 1. The zero-order valence-electron chi connectivity index (χ0n) is 14.4. The van der Waals surface area contributed by atoms with Crippen molar-refractivity contribution < 1.29 is 13.9 Å². The Hall–Kier alpha value is -1.96. The van der Waals surface area contributed by atoms with E-state index in [0.717, 1.165) is 5.82 Å². The van der Waals surface area contributed by atoms with Crippen LogP contribution in [0.2, 0.25) is 0 Å². The highest BCUT2D eigenvalue weighted by molar-refractivity contribution is 5.77. The van der Waals surface area contributed by atoms with Crippen molar-refractivity contribution in [3.05, 3.63) is 12.3 Å². The van der Waals surface area contributed by atoms with E-state index in [1.807, 2.05) is 41.9 Å². The van der Waals surface area contributed by atoms with Gasteiger partial charge in [-0.15, -0.1) is 0 Å². The predicted molar refractivity (Wildman–Crippen MR) is 89.0 cm³/mol. The first-order valence-corrected chi connectivity index (χ1v) is 8.23.